The van der Waals surface area contributed by atoms with E-state index in [0.29, 0.717) is 6.04 Å². The van der Waals surface area contributed by atoms with E-state index in [1.807, 2.05) is 18.2 Å². The van der Waals surface area contributed by atoms with Gasteiger partial charge in [-0.3, -0.25) is 0 Å². The Morgan fingerprint density at radius 3 is 3.06 bits per heavy atom. The number of nitrogens with two attached hydrogens (primary N) is 1. The van der Waals surface area contributed by atoms with E-state index in [1.54, 1.807) is 18.4 Å². The van der Waals surface area contributed by atoms with Crippen molar-refractivity contribution in [2.45, 2.75) is 18.9 Å². The van der Waals surface area contributed by atoms with Crippen molar-refractivity contribution in [3.63, 3.8) is 0 Å². The lowest BCUT2D eigenvalue weighted by atomic mass is 10.3. The Balaban J connectivity index is 1.90. The molecule has 4 nitrogen and oxygen atoms in total. The Labute approximate surface area is 110 Å². The second-order valence-corrected chi connectivity index (χ2v) is 5.65. The van der Waals surface area contributed by atoms with Gasteiger partial charge in [-0.2, -0.15) is 0 Å². The molecule has 0 atom stereocenters. The van der Waals surface area contributed by atoms with Crippen molar-refractivity contribution in [1.82, 2.24) is 4.98 Å². The van der Waals surface area contributed by atoms with E-state index in [2.05, 4.69) is 4.90 Å². The van der Waals surface area contributed by atoms with Crippen LogP contribution >= 0.6 is 11.3 Å². The minimum Gasteiger partial charge on any atom is -0.399 e. The highest BCUT2D eigenvalue weighted by atomic mass is 32.1. The van der Waals surface area contributed by atoms with Crippen LogP contribution in [0.5, 0.6) is 0 Å². The van der Waals surface area contributed by atoms with Crippen LogP contribution in [-0.2, 0) is 4.74 Å². The Bertz CT molecular complexity index is 550. The first kappa shape index (κ1) is 11.7. The summed E-state index contributed by atoms with van der Waals surface area (Å²) in [6.07, 6.45) is 2.53. The van der Waals surface area contributed by atoms with Gasteiger partial charge in [0.05, 0.1) is 16.8 Å². The van der Waals surface area contributed by atoms with Gasteiger partial charge < -0.3 is 15.4 Å². The van der Waals surface area contributed by atoms with Gasteiger partial charge in [-0.25, -0.2) is 4.98 Å². The van der Waals surface area contributed by atoms with Crippen molar-refractivity contribution in [3.8, 4) is 0 Å². The van der Waals surface area contributed by atoms with Gasteiger partial charge in [-0.15, -0.1) is 0 Å². The molecule has 1 aromatic carbocycles. The zero-order valence-corrected chi connectivity index (χ0v) is 11.2. The number of benzene rings is 1. The zero-order valence-electron chi connectivity index (χ0n) is 10.4. The lowest BCUT2D eigenvalue weighted by Crippen LogP contribution is -2.29. The maximum Gasteiger partial charge on any atom is 0.186 e. The number of anilines is 2. The van der Waals surface area contributed by atoms with Crippen molar-refractivity contribution in [1.29, 1.82) is 0 Å². The highest BCUT2D eigenvalue weighted by Crippen LogP contribution is 2.36. The first-order valence-corrected chi connectivity index (χ1v) is 7.01. The number of thiazole rings is 1. The molecule has 1 aliphatic rings. The molecule has 0 unspecified atom stereocenters. The van der Waals surface area contributed by atoms with Crippen LogP contribution in [0.2, 0.25) is 0 Å². The Morgan fingerprint density at radius 2 is 2.33 bits per heavy atom. The van der Waals surface area contributed by atoms with Gasteiger partial charge in [0.15, 0.2) is 5.13 Å². The fourth-order valence-electron chi connectivity index (χ4n) is 2.06. The van der Waals surface area contributed by atoms with E-state index >= 15 is 0 Å². The van der Waals surface area contributed by atoms with Crippen LogP contribution < -0.4 is 10.6 Å². The molecule has 0 radical (unpaired) electrons. The van der Waals surface area contributed by atoms with Gasteiger partial charge in [0.25, 0.3) is 0 Å². The number of rotatable bonds is 5. The fourth-order valence-corrected chi connectivity index (χ4v) is 3.17. The van der Waals surface area contributed by atoms with Gasteiger partial charge in [0, 0.05) is 25.4 Å². The Hall–Kier alpha value is -1.33. The smallest absolute Gasteiger partial charge is 0.186 e. The highest BCUT2D eigenvalue weighted by molar-refractivity contribution is 7.22. The molecule has 0 saturated heterocycles. The Kier molecular flexibility index (Phi) is 3.09. The predicted molar refractivity (Wildman–Crippen MR) is 76.3 cm³/mol. The fraction of sp³-hybridized carbons (Fsp3) is 0.462. The van der Waals surface area contributed by atoms with Crippen LogP contribution in [0.25, 0.3) is 10.2 Å². The molecule has 1 aromatic heterocycles. The molecule has 2 aromatic rings. The van der Waals surface area contributed by atoms with Crippen molar-refractivity contribution >= 4 is 32.4 Å². The predicted octanol–water partition coefficient (Wildman–Crippen LogP) is 2.49. The number of hydrogen-bond donors (Lipinski definition) is 1. The molecule has 3 rings (SSSR count). The molecule has 96 valence electrons. The monoisotopic (exact) mass is 263 g/mol. The number of aromatic nitrogens is 1. The number of methoxy groups -OCH3 is 1. The molecule has 0 spiro atoms. The third-order valence-electron chi connectivity index (χ3n) is 3.17. The molecule has 0 amide bonds. The number of nitrogen functional groups attached to an aromatic ring is 1. The lowest BCUT2D eigenvalue weighted by Gasteiger charge is -2.20. The third-order valence-corrected chi connectivity index (χ3v) is 4.23. The topological polar surface area (TPSA) is 51.4 Å². The van der Waals surface area contributed by atoms with E-state index in [-0.39, 0.29) is 0 Å². The van der Waals surface area contributed by atoms with Crippen molar-refractivity contribution in [2.75, 3.05) is 30.9 Å². The summed E-state index contributed by atoms with van der Waals surface area (Å²) in [6.45, 7) is 1.66. The molecular formula is C13H17N3OS. The summed E-state index contributed by atoms with van der Waals surface area (Å²) in [5.41, 5.74) is 7.64. The summed E-state index contributed by atoms with van der Waals surface area (Å²) in [5, 5.41) is 1.09. The maximum atomic E-state index is 5.81. The van der Waals surface area contributed by atoms with Crippen LogP contribution in [0.1, 0.15) is 12.8 Å². The molecule has 1 heterocycles. The van der Waals surface area contributed by atoms with E-state index in [9.17, 15) is 0 Å². The van der Waals surface area contributed by atoms with Gasteiger partial charge in [-0.05, 0) is 31.0 Å². The van der Waals surface area contributed by atoms with Gasteiger partial charge >= 0.3 is 0 Å². The normalized spacial score (nSPS) is 15.2. The van der Waals surface area contributed by atoms with Gasteiger partial charge in [0.2, 0.25) is 0 Å². The molecule has 2 N–H and O–H groups in total. The zero-order chi connectivity index (χ0) is 12.5. The summed E-state index contributed by atoms with van der Waals surface area (Å²) in [5.74, 6) is 0. The van der Waals surface area contributed by atoms with Gasteiger partial charge in [-0.1, -0.05) is 11.3 Å². The minimum absolute atomic E-state index is 0.651. The number of ether oxygens (including phenoxy) is 1. The summed E-state index contributed by atoms with van der Waals surface area (Å²) in [4.78, 5) is 7.07. The lowest BCUT2D eigenvalue weighted by molar-refractivity contribution is 0.205. The highest BCUT2D eigenvalue weighted by Gasteiger charge is 2.30. The average molecular weight is 263 g/mol. The molecule has 0 bridgehead atoms. The quantitative estimate of drug-likeness (QED) is 0.842. The van der Waals surface area contributed by atoms with E-state index in [4.69, 9.17) is 15.5 Å². The molecule has 1 saturated carbocycles. The van der Waals surface area contributed by atoms with Gasteiger partial charge in [0.1, 0.15) is 0 Å². The molecule has 1 aliphatic carbocycles. The number of fused-ring (bicyclic) bond motifs is 1. The summed E-state index contributed by atoms with van der Waals surface area (Å²) < 4.78 is 6.34. The van der Waals surface area contributed by atoms with Crippen LogP contribution in [0.15, 0.2) is 18.2 Å². The van der Waals surface area contributed by atoms with Crippen LogP contribution in [0.4, 0.5) is 10.8 Å². The van der Waals surface area contributed by atoms with Crippen molar-refractivity contribution < 1.29 is 4.74 Å². The largest absolute Gasteiger partial charge is 0.399 e. The second kappa shape index (κ2) is 4.74. The standard InChI is InChI=1S/C13H17N3OS/c1-17-7-6-16(10-3-4-10)13-15-11-5-2-9(14)8-12(11)18-13/h2,5,8,10H,3-4,6-7,14H2,1H3. The van der Waals surface area contributed by atoms with Crippen LogP contribution in [0, 0.1) is 0 Å². The second-order valence-electron chi connectivity index (χ2n) is 4.64. The van der Waals surface area contributed by atoms with E-state index in [0.717, 1.165) is 34.2 Å². The first-order chi connectivity index (χ1) is 8.78. The Morgan fingerprint density at radius 1 is 1.50 bits per heavy atom. The minimum atomic E-state index is 0.651. The van der Waals surface area contributed by atoms with E-state index < -0.39 is 0 Å². The molecule has 18 heavy (non-hydrogen) atoms. The number of hydrogen-bond acceptors (Lipinski definition) is 5. The average Bonchev–Trinajstić information content (AvgIpc) is 3.10. The SMILES string of the molecule is COCCN(c1nc2ccc(N)cc2s1)C1CC1. The molecule has 0 aliphatic heterocycles. The maximum absolute atomic E-state index is 5.81. The van der Waals surface area contributed by atoms with Crippen LogP contribution in [-0.4, -0.2) is 31.3 Å². The van der Waals surface area contributed by atoms with Crippen LogP contribution in [0.3, 0.4) is 0 Å². The third kappa shape index (κ3) is 2.28. The number of nitrogens with zero attached hydrogens (tertiary/aromatic N) is 2. The molecular weight excluding hydrogens is 246 g/mol. The summed E-state index contributed by atoms with van der Waals surface area (Å²) >= 11 is 1.72. The van der Waals surface area contributed by atoms with Crippen molar-refractivity contribution in [2.24, 2.45) is 0 Å². The molecule has 1 fully saturated rings. The first-order valence-electron chi connectivity index (χ1n) is 6.19. The summed E-state index contributed by atoms with van der Waals surface area (Å²) in [6, 6.07) is 6.55. The molecule has 5 heteroatoms. The van der Waals surface area contributed by atoms with E-state index in [1.165, 1.54) is 12.8 Å². The van der Waals surface area contributed by atoms with Crippen molar-refractivity contribution in [3.05, 3.63) is 18.2 Å². The summed E-state index contributed by atoms with van der Waals surface area (Å²) in [7, 11) is 1.74.